The van der Waals surface area contributed by atoms with E-state index in [1.807, 2.05) is 0 Å². The van der Waals surface area contributed by atoms with Crippen molar-refractivity contribution in [2.24, 2.45) is 0 Å². The van der Waals surface area contributed by atoms with Crippen molar-refractivity contribution in [2.45, 2.75) is 0 Å². The van der Waals surface area contributed by atoms with E-state index in [1.54, 1.807) is 12.1 Å². The zero-order valence-electron chi connectivity index (χ0n) is 9.29. The number of benzene rings is 2. The molecule has 0 fully saturated rings. The van der Waals surface area contributed by atoms with Gasteiger partial charge in [-0.3, -0.25) is 4.79 Å². The first-order chi connectivity index (χ1) is 9.01. The minimum absolute atomic E-state index is 0.0363. The third-order valence-corrected chi connectivity index (χ3v) is 3.24. The van der Waals surface area contributed by atoms with Crippen molar-refractivity contribution >= 4 is 45.4 Å². The van der Waals surface area contributed by atoms with E-state index < -0.39 is 5.82 Å². The minimum atomic E-state index is -0.699. The van der Waals surface area contributed by atoms with Gasteiger partial charge in [0, 0.05) is 9.50 Å². The highest BCUT2D eigenvalue weighted by Crippen LogP contribution is 2.35. The van der Waals surface area contributed by atoms with Gasteiger partial charge in [0.1, 0.15) is 11.6 Å². The van der Waals surface area contributed by atoms with Crippen LogP contribution < -0.4 is 4.74 Å². The fraction of sp³-hybridized carbons (Fsp3) is 0. The van der Waals surface area contributed by atoms with Gasteiger partial charge in [0.15, 0.2) is 12.0 Å². The second kappa shape index (κ2) is 5.90. The molecule has 0 amide bonds. The standard InChI is InChI=1S/C13H6BrCl2FO2/c14-7-3-8(15)5-9(4-7)19-13-10(6-18)12(17)2-1-11(13)16/h1-6H. The predicted octanol–water partition coefficient (Wildman–Crippen LogP) is 5.50. The van der Waals surface area contributed by atoms with Gasteiger partial charge in [-0.05, 0) is 30.3 Å². The first-order valence-corrected chi connectivity index (χ1v) is 6.63. The van der Waals surface area contributed by atoms with Crippen molar-refractivity contribution in [3.05, 3.63) is 56.2 Å². The van der Waals surface area contributed by atoms with E-state index in [9.17, 15) is 9.18 Å². The second-order valence-corrected chi connectivity index (χ2v) is 5.36. The summed E-state index contributed by atoms with van der Waals surface area (Å²) in [6, 6.07) is 7.25. The van der Waals surface area contributed by atoms with Crippen molar-refractivity contribution < 1.29 is 13.9 Å². The van der Waals surface area contributed by atoms with Gasteiger partial charge in [0.05, 0.1) is 10.6 Å². The normalized spacial score (nSPS) is 10.3. The highest BCUT2D eigenvalue weighted by atomic mass is 79.9. The lowest BCUT2D eigenvalue weighted by atomic mass is 10.2. The molecule has 2 nitrogen and oxygen atoms in total. The summed E-state index contributed by atoms with van der Waals surface area (Å²) in [7, 11) is 0. The maximum Gasteiger partial charge on any atom is 0.159 e. The van der Waals surface area contributed by atoms with Crippen LogP contribution in [0.1, 0.15) is 10.4 Å². The largest absolute Gasteiger partial charge is 0.455 e. The molecular formula is C13H6BrCl2FO2. The number of rotatable bonds is 3. The SMILES string of the molecule is O=Cc1c(F)ccc(Cl)c1Oc1cc(Cl)cc(Br)c1. The van der Waals surface area contributed by atoms with Crippen LogP contribution in [-0.2, 0) is 0 Å². The first-order valence-electron chi connectivity index (χ1n) is 5.08. The summed E-state index contributed by atoms with van der Waals surface area (Å²) in [6.45, 7) is 0. The van der Waals surface area contributed by atoms with Crippen molar-refractivity contribution in [2.75, 3.05) is 0 Å². The number of ether oxygens (including phenoxy) is 1. The second-order valence-electron chi connectivity index (χ2n) is 3.60. The molecule has 0 N–H and O–H groups in total. The highest BCUT2D eigenvalue weighted by Gasteiger charge is 2.14. The molecule has 2 aromatic rings. The Balaban J connectivity index is 2.48. The summed E-state index contributed by atoms with van der Waals surface area (Å²) >= 11 is 15.0. The first kappa shape index (κ1) is 14.3. The topological polar surface area (TPSA) is 26.3 Å². The van der Waals surface area contributed by atoms with Crippen LogP contribution in [0.25, 0.3) is 0 Å². The molecule has 2 rings (SSSR count). The Morgan fingerprint density at radius 1 is 1.21 bits per heavy atom. The third-order valence-electron chi connectivity index (χ3n) is 2.27. The van der Waals surface area contributed by atoms with Gasteiger partial charge in [-0.25, -0.2) is 4.39 Å². The van der Waals surface area contributed by atoms with Crippen molar-refractivity contribution in [1.82, 2.24) is 0 Å². The molecule has 0 aromatic heterocycles. The van der Waals surface area contributed by atoms with Crippen LogP contribution >= 0.6 is 39.1 Å². The molecule has 0 saturated carbocycles. The number of aldehydes is 1. The Labute approximate surface area is 127 Å². The van der Waals surface area contributed by atoms with Crippen LogP contribution in [0.3, 0.4) is 0 Å². The zero-order valence-corrected chi connectivity index (χ0v) is 12.4. The van der Waals surface area contributed by atoms with Crippen LogP contribution in [0, 0.1) is 5.82 Å². The summed E-state index contributed by atoms with van der Waals surface area (Å²) in [5.74, 6) is -0.392. The monoisotopic (exact) mass is 362 g/mol. The van der Waals surface area contributed by atoms with Crippen LogP contribution in [0.5, 0.6) is 11.5 Å². The fourth-order valence-corrected chi connectivity index (χ4v) is 2.50. The molecule has 0 aliphatic carbocycles. The highest BCUT2D eigenvalue weighted by molar-refractivity contribution is 9.10. The molecule has 0 saturated heterocycles. The maximum atomic E-state index is 13.5. The molecule has 0 bridgehead atoms. The molecule has 0 aliphatic rings. The number of halogens is 4. The lowest BCUT2D eigenvalue weighted by molar-refractivity contribution is 0.111. The molecular weight excluding hydrogens is 358 g/mol. The lowest BCUT2D eigenvalue weighted by Gasteiger charge is -2.11. The van der Waals surface area contributed by atoms with E-state index in [1.165, 1.54) is 12.1 Å². The summed E-state index contributed by atoms with van der Waals surface area (Å²) < 4.78 is 19.6. The van der Waals surface area contributed by atoms with Gasteiger partial charge in [-0.1, -0.05) is 39.1 Å². The van der Waals surface area contributed by atoms with Crippen molar-refractivity contribution in [3.63, 3.8) is 0 Å². The molecule has 0 spiro atoms. The van der Waals surface area contributed by atoms with Gasteiger partial charge < -0.3 is 4.74 Å². The van der Waals surface area contributed by atoms with E-state index in [4.69, 9.17) is 27.9 Å². The number of hydrogen-bond acceptors (Lipinski definition) is 2. The Morgan fingerprint density at radius 2 is 1.95 bits per heavy atom. The summed E-state index contributed by atoms with van der Waals surface area (Å²) in [6.07, 6.45) is 0.357. The maximum absolute atomic E-state index is 13.5. The predicted molar refractivity (Wildman–Crippen MR) is 76.0 cm³/mol. The van der Waals surface area contributed by atoms with E-state index in [2.05, 4.69) is 15.9 Å². The van der Waals surface area contributed by atoms with Gasteiger partial charge in [-0.15, -0.1) is 0 Å². The molecule has 0 atom stereocenters. The van der Waals surface area contributed by atoms with Crippen LogP contribution in [0.15, 0.2) is 34.8 Å². The molecule has 2 aromatic carbocycles. The Bertz CT molecular complexity index is 627. The summed E-state index contributed by atoms with van der Waals surface area (Å²) in [5, 5.41) is 0.573. The quantitative estimate of drug-likeness (QED) is 0.673. The van der Waals surface area contributed by atoms with Crippen molar-refractivity contribution in [3.8, 4) is 11.5 Å². The molecule has 0 unspecified atom stereocenters. The van der Waals surface area contributed by atoms with Crippen LogP contribution in [0.4, 0.5) is 4.39 Å². The van der Waals surface area contributed by atoms with Gasteiger partial charge >= 0.3 is 0 Å². The zero-order chi connectivity index (χ0) is 14.0. The molecule has 0 heterocycles. The third kappa shape index (κ3) is 3.26. The van der Waals surface area contributed by atoms with Gasteiger partial charge in [0.2, 0.25) is 0 Å². The number of carbonyl (C=O) groups is 1. The molecule has 0 aliphatic heterocycles. The molecule has 0 radical (unpaired) electrons. The van der Waals surface area contributed by atoms with E-state index >= 15 is 0 Å². The number of carbonyl (C=O) groups excluding carboxylic acids is 1. The van der Waals surface area contributed by atoms with Gasteiger partial charge in [0.25, 0.3) is 0 Å². The average molecular weight is 364 g/mol. The molecule has 6 heteroatoms. The van der Waals surface area contributed by atoms with E-state index in [0.717, 1.165) is 6.07 Å². The molecule has 98 valence electrons. The van der Waals surface area contributed by atoms with Crippen LogP contribution in [0.2, 0.25) is 10.0 Å². The Hall–Kier alpha value is -1.10. The Kier molecular flexibility index (Phi) is 4.45. The van der Waals surface area contributed by atoms with Gasteiger partial charge in [-0.2, -0.15) is 0 Å². The fourth-order valence-electron chi connectivity index (χ4n) is 1.47. The smallest absolute Gasteiger partial charge is 0.159 e. The van der Waals surface area contributed by atoms with Crippen molar-refractivity contribution in [1.29, 1.82) is 0 Å². The van der Waals surface area contributed by atoms with Crippen LogP contribution in [-0.4, -0.2) is 6.29 Å². The lowest BCUT2D eigenvalue weighted by Crippen LogP contribution is -1.95. The average Bonchev–Trinajstić information content (AvgIpc) is 2.33. The Morgan fingerprint density at radius 3 is 2.58 bits per heavy atom. The van der Waals surface area contributed by atoms with E-state index in [-0.39, 0.29) is 16.3 Å². The summed E-state index contributed by atoms with van der Waals surface area (Å²) in [5.41, 5.74) is -0.233. The summed E-state index contributed by atoms with van der Waals surface area (Å²) in [4.78, 5) is 10.9. The number of hydrogen-bond donors (Lipinski definition) is 0. The minimum Gasteiger partial charge on any atom is -0.455 e. The molecule has 19 heavy (non-hydrogen) atoms. The van der Waals surface area contributed by atoms with E-state index in [0.29, 0.717) is 21.5 Å².